The average molecular weight is 297 g/mol. The molecule has 4 nitrogen and oxygen atoms in total. The van der Waals surface area contributed by atoms with Gasteiger partial charge in [-0.15, -0.1) is 0 Å². The number of carbonyl (C=O) groups is 2. The topological polar surface area (TPSA) is 55.4 Å². The summed E-state index contributed by atoms with van der Waals surface area (Å²) in [5.74, 6) is 0.221. The molecule has 0 saturated carbocycles. The molecular formula is C18H19NO3. The van der Waals surface area contributed by atoms with E-state index in [1.54, 1.807) is 31.2 Å². The molecule has 1 atom stereocenters. The van der Waals surface area contributed by atoms with Crippen molar-refractivity contribution in [2.45, 2.75) is 26.9 Å². The summed E-state index contributed by atoms with van der Waals surface area (Å²) in [7, 11) is 0. The SMILES string of the molecule is CC(=O)c1cccc(O[C@@H](C)C(=O)Nc2ccc(C)cc2)c1. The highest BCUT2D eigenvalue weighted by Crippen LogP contribution is 2.16. The summed E-state index contributed by atoms with van der Waals surface area (Å²) in [4.78, 5) is 23.5. The van der Waals surface area contributed by atoms with E-state index in [4.69, 9.17) is 4.74 Å². The van der Waals surface area contributed by atoms with E-state index >= 15 is 0 Å². The highest BCUT2D eigenvalue weighted by atomic mass is 16.5. The molecule has 0 aliphatic heterocycles. The Bertz CT molecular complexity index is 677. The van der Waals surface area contributed by atoms with Crippen LogP contribution in [-0.4, -0.2) is 17.8 Å². The van der Waals surface area contributed by atoms with E-state index in [2.05, 4.69) is 5.32 Å². The summed E-state index contributed by atoms with van der Waals surface area (Å²) in [5, 5.41) is 2.80. The first-order valence-electron chi connectivity index (χ1n) is 7.11. The lowest BCUT2D eigenvalue weighted by molar-refractivity contribution is -0.122. The van der Waals surface area contributed by atoms with Crippen molar-refractivity contribution >= 4 is 17.4 Å². The molecule has 0 radical (unpaired) electrons. The third-order valence-electron chi connectivity index (χ3n) is 3.24. The van der Waals surface area contributed by atoms with Crippen LogP contribution in [0, 0.1) is 6.92 Å². The molecule has 2 rings (SSSR count). The fourth-order valence-electron chi connectivity index (χ4n) is 1.93. The zero-order valence-electron chi connectivity index (χ0n) is 12.9. The number of ether oxygens (including phenoxy) is 1. The number of hydrogen-bond donors (Lipinski definition) is 1. The second-order valence-electron chi connectivity index (χ2n) is 5.20. The largest absolute Gasteiger partial charge is 0.481 e. The summed E-state index contributed by atoms with van der Waals surface area (Å²) in [6.07, 6.45) is -0.663. The molecule has 22 heavy (non-hydrogen) atoms. The van der Waals surface area contributed by atoms with Gasteiger partial charge in [-0.05, 0) is 45.0 Å². The molecule has 0 heterocycles. The maximum absolute atomic E-state index is 12.1. The molecule has 114 valence electrons. The normalized spacial score (nSPS) is 11.6. The number of ketones is 1. The molecule has 0 spiro atoms. The molecule has 0 aliphatic carbocycles. The maximum atomic E-state index is 12.1. The first kappa shape index (κ1) is 15.8. The number of anilines is 1. The van der Waals surface area contributed by atoms with Crippen LogP contribution in [0.1, 0.15) is 29.8 Å². The van der Waals surface area contributed by atoms with Crippen molar-refractivity contribution in [3.05, 3.63) is 59.7 Å². The van der Waals surface area contributed by atoms with Crippen LogP contribution < -0.4 is 10.1 Å². The molecule has 4 heteroatoms. The van der Waals surface area contributed by atoms with Crippen molar-refractivity contribution in [3.63, 3.8) is 0 Å². The van der Waals surface area contributed by atoms with Gasteiger partial charge in [0.15, 0.2) is 11.9 Å². The lowest BCUT2D eigenvalue weighted by Crippen LogP contribution is -2.30. The Morgan fingerprint density at radius 2 is 1.77 bits per heavy atom. The van der Waals surface area contributed by atoms with Gasteiger partial charge >= 0.3 is 0 Å². The van der Waals surface area contributed by atoms with Gasteiger partial charge in [-0.25, -0.2) is 0 Å². The minimum Gasteiger partial charge on any atom is -0.481 e. The minimum absolute atomic E-state index is 0.0396. The van der Waals surface area contributed by atoms with Gasteiger partial charge in [0.25, 0.3) is 5.91 Å². The number of hydrogen-bond acceptors (Lipinski definition) is 3. The smallest absolute Gasteiger partial charge is 0.265 e. The number of carbonyl (C=O) groups excluding carboxylic acids is 2. The third kappa shape index (κ3) is 4.19. The fourth-order valence-corrected chi connectivity index (χ4v) is 1.93. The molecule has 0 unspecified atom stereocenters. The zero-order chi connectivity index (χ0) is 16.1. The highest BCUT2D eigenvalue weighted by Gasteiger charge is 2.15. The fraction of sp³-hybridized carbons (Fsp3) is 0.222. The standard InChI is InChI=1S/C18H19NO3/c1-12-7-9-16(10-8-12)19-18(21)14(3)22-17-6-4-5-15(11-17)13(2)20/h4-11,14H,1-3H3,(H,19,21)/t14-/m0/s1. The molecule has 2 aromatic rings. The molecule has 1 amide bonds. The molecule has 0 aromatic heterocycles. The van der Waals surface area contributed by atoms with E-state index in [0.717, 1.165) is 11.3 Å². The van der Waals surface area contributed by atoms with Crippen LogP contribution in [0.4, 0.5) is 5.69 Å². The van der Waals surface area contributed by atoms with Gasteiger partial charge in [0.05, 0.1) is 0 Å². The summed E-state index contributed by atoms with van der Waals surface area (Å²) in [6, 6.07) is 14.4. The second-order valence-corrected chi connectivity index (χ2v) is 5.20. The monoisotopic (exact) mass is 297 g/mol. The molecular weight excluding hydrogens is 278 g/mol. The highest BCUT2D eigenvalue weighted by molar-refractivity contribution is 5.95. The molecule has 0 aliphatic rings. The summed E-state index contributed by atoms with van der Waals surface area (Å²) >= 11 is 0. The second kappa shape index (κ2) is 6.89. The van der Waals surface area contributed by atoms with Crippen molar-refractivity contribution in [3.8, 4) is 5.75 Å². The van der Waals surface area contributed by atoms with Gasteiger partial charge in [-0.3, -0.25) is 9.59 Å². The molecule has 0 fully saturated rings. The number of nitrogens with one attached hydrogen (secondary N) is 1. The van der Waals surface area contributed by atoms with Crippen molar-refractivity contribution in [2.24, 2.45) is 0 Å². The van der Waals surface area contributed by atoms with Crippen molar-refractivity contribution in [2.75, 3.05) is 5.32 Å². The van der Waals surface area contributed by atoms with Crippen LogP contribution >= 0.6 is 0 Å². The minimum atomic E-state index is -0.663. The van der Waals surface area contributed by atoms with Gasteiger partial charge in [0.1, 0.15) is 5.75 Å². The van der Waals surface area contributed by atoms with Crippen LogP contribution in [0.15, 0.2) is 48.5 Å². The van der Waals surface area contributed by atoms with Crippen molar-refractivity contribution in [1.29, 1.82) is 0 Å². The van der Waals surface area contributed by atoms with Gasteiger partial charge < -0.3 is 10.1 Å². The van der Waals surface area contributed by atoms with E-state index in [1.807, 2.05) is 31.2 Å². The number of rotatable bonds is 5. The van der Waals surface area contributed by atoms with Gasteiger partial charge in [-0.2, -0.15) is 0 Å². The van der Waals surface area contributed by atoms with Crippen molar-refractivity contribution in [1.82, 2.24) is 0 Å². The Balaban J connectivity index is 2.00. The van der Waals surface area contributed by atoms with Crippen LogP contribution in [0.5, 0.6) is 5.75 Å². The van der Waals surface area contributed by atoms with E-state index in [-0.39, 0.29) is 11.7 Å². The van der Waals surface area contributed by atoms with Crippen LogP contribution in [0.2, 0.25) is 0 Å². The molecule has 1 N–H and O–H groups in total. The van der Waals surface area contributed by atoms with Crippen LogP contribution in [-0.2, 0) is 4.79 Å². The predicted octanol–water partition coefficient (Wildman–Crippen LogP) is 3.60. The molecule has 0 saturated heterocycles. The zero-order valence-corrected chi connectivity index (χ0v) is 12.9. The van der Waals surface area contributed by atoms with E-state index < -0.39 is 6.10 Å². The Hall–Kier alpha value is -2.62. The summed E-state index contributed by atoms with van der Waals surface area (Å²) < 4.78 is 5.60. The Morgan fingerprint density at radius 1 is 1.09 bits per heavy atom. The van der Waals surface area contributed by atoms with E-state index in [0.29, 0.717) is 11.3 Å². The number of Topliss-reactive ketones (excluding diaryl/α,β-unsaturated/α-hetero) is 1. The lowest BCUT2D eigenvalue weighted by atomic mass is 10.1. The van der Waals surface area contributed by atoms with Crippen molar-refractivity contribution < 1.29 is 14.3 Å². The van der Waals surface area contributed by atoms with Gasteiger partial charge in [-0.1, -0.05) is 29.8 Å². The average Bonchev–Trinajstić information content (AvgIpc) is 2.49. The lowest BCUT2D eigenvalue weighted by Gasteiger charge is -2.15. The summed E-state index contributed by atoms with van der Waals surface area (Å²) in [6.45, 7) is 5.15. The van der Waals surface area contributed by atoms with E-state index in [1.165, 1.54) is 6.92 Å². The quantitative estimate of drug-likeness (QED) is 0.858. The Labute approximate surface area is 130 Å². The first-order valence-corrected chi connectivity index (χ1v) is 7.11. The predicted molar refractivity (Wildman–Crippen MR) is 86.3 cm³/mol. The third-order valence-corrected chi connectivity index (χ3v) is 3.24. The van der Waals surface area contributed by atoms with E-state index in [9.17, 15) is 9.59 Å². The number of aryl methyl sites for hydroxylation is 1. The number of amides is 1. The Morgan fingerprint density at radius 3 is 2.41 bits per heavy atom. The number of benzene rings is 2. The van der Waals surface area contributed by atoms with Gasteiger partial charge in [0, 0.05) is 11.3 Å². The van der Waals surface area contributed by atoms with Gasteiger partial charge in [0.2, 0.25) is 0 Å². The first-order chi connectivity index (χ1) is 10.5. The molecule has 0 bridgehead atoms. The summed E-state index contributed by atoms with van der Waals surface area (Å²) in [5.41, 5.74) is 2.41. The molecule has 2 aromatic carbocycles. The van der Waals surface area contributed by atoms with Crippen LogP contribution in [0.3, 0.4) is 0 Å². The Kier molecular flexibility index (Phi) is 4.94. The maximum Gasteiger partial charge on any atom is 0.265 e. The van der Waals surface area contributed by atoms with Crippen LogP contribution in [0.25, 0.3) is 0 Å².